The van der Waals surface area contributed by atoms with Crippen molar-refractivity contribution in [2.45, 2.75) is 24.2 Å². The van der Waals surface area contributed by atoms with Gasteiger partial charge >= 0.3 is 11.4 Å². The summed E-state index contributed by atoms with van der Waals surface area (Å²) >= 11 is 12.8. The minimum atomic E-state index is -1.84. The van der Waals surface area contributed by atoms with Crippen molar-refractivity contribution in [3.8, 4) is 23.0 Å². The first kappa shape index (κ1) is 42.8. The number of amides is 4. The first-order valence-electron chi connectivity index (χ1n) is 19.4. The molecule has 2 aliphatic carbocycles. The number of imide groups is 2. The number of allylic oxidation sites excluding steroid dienone is 2. The molecule has 8 rings (SSSR count). The molecule has 3 fully saturated rings. The molecule has 4 amide bonds. The summed E-state index contributed by atoms with van der Waals surface area (Å²) in [6, 6.07) is 15.6. The van der Waals surface area contributed by atoms with Crippen LogP contribution in [-0.4, -0.2) is 79.0 Å². The number of hydrazine groups is 1. The summed E-state index contributed by atoms with van der Waals surface area (Å²) in [7, 11) is 6.97. The van der Waals surface area contributed by atoms with E-state index in [1.54, 1.807) is 30.3 Å². The van der Waals surface area contributed by atoms with Gasteiger partial charge in [-0.25, -0.2) is 4.90 Å². The third-order valence-electron chi connectivity index (χ3n) is 12.6. The number of carbonyl (C=O) groups excluding carboxylic acids is 4. The first-order chi connectivity index (χ1) is 30.0. The van der Waals surface area contributed by atoms with Gasteiger partial charge in [0.05, 0.1) is 70.7 Å². The minimum Gasteiger partial charge on any atom is -0.508 e. The molecule has 4 aliphatic rings. The van der Waals surface area contributed by atoms with E-state index in [9.17, 15) is 34.9 Å². The maximum Gasteiger partial charge on any atom is 0.301 e. The van der Waals surface area contributed by atoms with E-state index < -0.39 is 79.9 Å². The molecule has 6 atom stereocenters. The number of benzene rings is 4. The van der Waals surface area contributed by atoms with Crippen LogP contribution in [0.15, 0.2) is 78.4 Å². The Kier molecular flexibility index (Phi) is 10.7. The average Bonchev–Trinajstić information content (AvgIpc) is 3.64. The Hall–Kier alpha value is -6.92. The number of phenolic OH excluding ortho intramolecular Hbond substituents is 1. The van der Waals surface area contributed by atoms with Gasteiger partial charge in [0.25, 0.3) is 11.8 Å². The lowest BCUT2D eigenvalue weighted by Crippen LogP contribution is -2.53. The SMILES string of the molecule is COc1ccc([C@@]23C(=O)N(Nc4ccc(Cl)cc4Cl)C(=O)[C@@H]2C[C@@H]2C(=CC[C@@H]4C(=O)N(c5cc([N+](=O)[O-])c(N(C)C)c([N+](=O)[O-])c5)C(=O)[C@@H]42)[C@@H]3c2c(OC)cc(O)cc2OC)cc1. The molecule has 4 aromatic carbocycles. The molecule has 2 aliphatic heterocycles. The summed E-state index contributed by atoms with van der Waals surface area (Å²) in [4.78, 5) is 85.3. The van der Waals surface area contributed by atoms with Crippen molar-refractivity contribution in [3.05, 3.63) is 120 Å². The number of halogens is 2. The zero-order chi connectivity index (χ0) is 45.4. The Labute approximate surface area is 368 Å². The summed E-state index contributed by atoms with van der Waals surface area (Å²) in [5.74, 6) is -8.28. The Morgan fingerprint density at radius 3 is 1.98 bits per heavy atom. The number of nitro benzene ring substituents is 2. The summed E-state index contributed by atoms with van der Waals surface area (Å²) in [5.41, 5.74) is 0.252. The van der Waals surface area contributed by atoms with Gasteiger partial charge < -0.3 is 24.2 Å². The number of hydrogen-bond acceptors (Lipinski definition) is 14. The number of nitro groups is 2. The molecule has 2 saturated heterocycles. The van der Waals surface area contributed by atoms with E-state index in [2.05, 4.69) is 5.43 Å². The van der Waals surface area contributed by atoms with Crippen LogP contribution in [0.3, 0.4) is 0 Å². The standard InChI is InChI=1S/C43H38Cl2N6O12/c1-47(2)38-31(50(57)58)15-22(16-32(38)51(59)60)48-39(53)26-12-11-25-27(35(26)41(48)55)19-28-40(54)49(46-30-13-8-21(44)14-29(30)45)42(56)43(28,20-6-9-24(61-3)10-7-20)37(25)36-33(62-4)17-23(52)18-34(36)63-5/h6-11,13-18,26-28,35,37,46,52H,12,19H2,1-5H3/t26-,27+,28-,35-,37+,43+/m0/s1. The van der Waals surface area contributed by atoms with Crippen LogP contribution in [0.1, 0.15) is 29.9 Å². The van der Waals surface area contributed by atoms with Crippen molar-refractivity contribution in [2.75, 3.05) is 50.7 Å². The lowest BCUT2D eigenvalue weighted by Gasteiger charge is -2.51. The Bertz CT molecular complexity index is 2630. The molecule has 18 nitrogen and oxygen atoms in total. The van der Waals surface area contributed by atoms with Crippen LogP contribution < -0.4 is 29.4 Å². The lowest BCUT2D eigenvalue weighted by molar-refractivity contribution is -0.392. The van der Waals surface area contributed by atoms with E-state index in [-0.39, 0.29) is 57.7 Å². The van der Waals surface area contributed by atoms with Gasteiger partial charge in [0, 0.05) is 54.9 Å². The third-order valence-corrected chi connectivity index (χ3v) is 13.1. The van der Waals surface area contributed by atoms with E-state index >= 15 is 9.59 Å². The largest absolute Gasteiger partial charge is 0.508 e. The highest BCUT2D eigenvalue weighted by molar-refractivity contribution is 6.36. The highest BCUT2D eigenvalue weighted by Crippen LogP contribution is 2.66. The second-order valence-electron chi connectivity index (χ2n) is 15.7. The van der Waals surface area contributed by atoms with Crippen LogP contribution >= 0.6 is 23.2 Å². The fourth-order valence-electron chi connectivity index (χ4n) is 10.1. The normalized spacial score (nSPS) is 23.7. The van der Waals surface area contributed by atoms with E-state index in [1.165, 1.54) is 70.7 Å². The molecule has 2 N–H and O–H groups in total. The number of nitrogens with zero attached hydrogens (tertiary/aromatic N) is 5. The number of nitrogens with one attached hydrogen (secondary N) is 1. The number of aromatic hydroxyl groups is 1. The smallest absolute Gasteiger partial charge is 0.301 e. The van der Waals surface area contributed by atoms with Gasteiger partial charge in [0.2, 0.25) is 11.8 Å². The Morgan fingerprint density at radius 1 is 0.825 bits per heavy atom. The van der Waals surface area contributed by atoms with Crippen LogP contribution in [0.4, 0.5) is 28.4 Å². The van der Waals surface area contributed by atoms with Crippen LogP contribution in [0.5, 0.6) is 23.0 Å². The average molecular weight is 902 g/mol. The summed E-state index contributed by atoms with van der Waals surface area (Å²) < 4.78 is 17.2. The molecule has 2 heterocycles. The topological polar surface area (TPSA) is 224 Å². The van der Waals surface area contributed by atoms with Gasteiger partial charge in [-0.05, 0) is 54.7 Å². The monoisotopic (exact) mass is 900 g/mol. The Balaban J connectivity index is 1.36. The molecule has 1 saturated carbocycles. The molecule has 326 valence electrons. The molecule has 4 aromatic rings. The number of carbonyl (C=O) groups is 4. The molecule has 63 heavy (non-hydrogen) atoms. The van der Waals surface area contributed by atoms with E-state index in [4.69, 9.17) is 37.4 Å². The van der Waals surface area contributed by atoms with Crippen LogP contribution in [-0.2, 0) is 24.6 Å². The van der Waals surface area contributed by atoms with Crippen molar-refractivity contribution in [1.82, 2.24) is 5.01 Å². The van der Waals surface area contributed by atoms with Crippen molar-refractivity contribution < 1.29 is 48.3 Å². The van der Waals surface area contributed by atoms with Gasteiger partial charge in [-0.15, -0.1) is 0 Å². The number of ether oxygens (including phenoxy) is 3. The molecule has 0 radical (unpaired) electrons. The van der Waals surface area contributed by atoms with Gasteiger partial charge in [0.1, 0.15) is 23.0 Å². The maximum atomic E-state index is 15.7. The van der Waals surface area contributed by atoms with Gasteiger partial charge in [-0.1, -0.05) is 47.0 Å². The molecule has 0 spiro atoms. The van der Waals surface area contributed by atoms with Gasteiger partial charge in [-0.3, -0.25) is 44.8 Å². The zero-order valence-electron chi connectivity index (χ0n) is 34.2. The molecule has 0 bridgehead atoms. The van der Waals surface area contributed by atoms with Crippen LogP contribution in [0.2, 0.25) is 10.0 Å². The maximum absolute atomic E-state index is 15.7. The number of fused-ring (bicyclic) bond motifs is 4. The first-order valence-corrected chi connectivity index (χ1v) is 20.2. The predicted molar refractivity (Wildman–Crippen MR) is 228 cm³/mol. The number of methoxy groups -OCH3 is 3. The van der Waals surface area contributed by atoms with Crippen LogP contribution in [0.25, 0.3) is 0 Å². The second-order valence-corrected chi connectivity index (χ2v) is 16.6. The van der Waals surface area contributed by atoms with Crippen molar-refractivity contribution in [1.29, 1.82) is 0 Å². The van der Waals surface area contributed by atoms with Crippen molar-refractivity contribution >= 4 is 75.3 Å². The number of anilines is 3. The van der Waals surface area contributed by atoms with Gasteiger partial charge in [0.15, 0.2) is 5.69 Å². The molecule has 0 unspecified atom stereocenters. The van der Waals surface area contributed by atoms with E-state index in [0.29, 0.717) is 21.9 Å². The molecule has 20 heteroatoms. The van der Waals surface area contributed by atoms with Crippen molar-refractivity contribution in [2.24, 2.45) is 23.7 Å². The minimum absolute atomic E-state index is 0.0649. The summed E-state index contributed by atoms with van der Waals surface area (Å²) in [6.45, 7) is 0. The molecular weight excluding hydrogens is 863 g/mol. The fourth-order valence-corrected chi connectivity index (χ4v) is 10.5. The van der Waals surface area contributed by atoms with E-state index in [0.717, 1.165) is 22.0 Å². The zero-order valence-corrected chi connectivity index (χ0v) is 35.7. The quantitative estimate of drug-likeness (QED) is 0.0684. The highest BCUT2D eigenvalue weighted by Gasteiger charge is 2.71. The molecular formula is C43H38Cl2N6O12. The number of rotatable bonds is 11. The fraction of sp³-hybridized carbons (Fsp3) is 0.302. The van der Waals surface area contributed by atoms with Crippen LogP contribution in [0, 0.1) is 43.9 Å². The van der Waals surface area contributed by atoms with Gasteiger partial charge in [-0.2, -0.15) is 5.01 Å². The number of phenols is 1. The third kappa shape index (κ3) is 6.45. The lowest BCUT2D eigenvalue weighted by atomic mass is 9.49. The van der Waals surface area contributed by atoms with E-state index in [1.807, 2.05) is 0 Å². The second kappa shape index (κ2) is 15.8. The Morgan fingerprint density at radius 2 is 1.44 bits per heavy atom. The van der Waals surface area contributed by atoms with Crippen molar-refractivity contribution in [3.63, 3.8) is 0 Å². The predicted octanol–water partition coefficient (Wildman–Crippen LogP) is 6.80. The highest BCUT2D eigenvalue weighted by atomic mass is 35.5. The summed E-state index contributed by atoms with van der Waals surface area (Å²) in [6.07, 6.45) is 1.52. The molecule has 0 aromatic heterocycles. The number of hydrogen-bond donors (Lipinski definition) is 2. The summed E-state index contributed by atoms with van der Waals surface area (Å²) in [5, 5.41) is 36.8.